The van der Waals surface area contributed by atoms with Crippen LogP contribution in [0.15, 0.2) is 54.6 Å². The molecule has 0 fully saturated rings. The van der Waals surface area contributed by atoms with Gasteiger partial charge in [0, 0.05) is 5.56 Å². The maximum Gasteiger partial charge on any atom is 0.131 e. The third kappa shape index (κ3) is 2.79. The molecule has 1 nitrogen and oxygen atoms in total. The molecule has 0 saturated carbocycles. The van der Waals surface area contributed by atoms with Crippen LogP contribution in [0, 0.1) is 11.3 Å². The molecule has 0 aromatic heterocycles. The summed E-state index contributed by atoms with van der Waals surface area (Å²) in [4.78, 5) is 0. The van der Waals surface area contributed by atoms with Gasteiger partial charge in [-0.1, -0.05) is 42.5 Å². The van der Waals surface area contributed by atoms with Gasteiger partial charge < -0.3 is 0 Å². The van der Waals surface area contributed by atoms with Crippen LogP contribution in [0.1, 0.15) is 16.7 Å². The Balaban J connectivity index is 2.27. The molecular formula is C15H10FN. The summed E-state index contributed by atoms with van der Waals surface area (Å²) in [5.74, 6) is -0.282. The highest BCUT2D eigenvalue weighted by molar-refractivity contribution is 5.76. The third-order valence-corrected chi connectivity index (χ3v) is 2.38. The van der Waals surface area contributed by atoms with Crippen molar-refractivity contribution in [3.05, 3.63) is 71.3 Å². The number of nitrogens with zero attached hydrogens (tertiary/aromatic N) is 1. The largest absolute Gasteiger partial charge is 0.206 e. The van der Waals surface area contributed by atoms with Gasteiger partial charge in [0.25, 0.3) is 0 Å². The standard InChI is InChI=1S/C15H10FN/c16-15(14-4-2-1-3-5-14)10-12-6-8-13(11-17)9-7-12/h1-10H/b15-10-. The van der Waals surface area contributed by atoms with Gasteiger partial charge >= 0.3 is 0 Å². The first-order chi connectivity index (χ1) is 8.29. The summed E-state index contributed by atoms with van der Waals surface area (Å²) in [5.41, 5.74) is 1.87. The van der Waals surface area contributed by atoms with Gasteiger partial charge in [-0.3, -0.25) is 0 Å². The maximum atomic E-state index is 13.8. The van der Waals surface area contributed by atoms with Gasteiger partial charge in [0.1, 0.15) is 5.83 Å². The van der Waals surface area contributed by atoms with Crippen LogP contribution in [0.4, 0.5) is 4.39 Å². The lowest BCUT2D eigenvalue weighted by molar-refractivity contribution is 0.765. The molecular weight excluding hydrogens is 213 g/mol. The Kier molecular flexibility index (Phi) is 3.32. The van der Waals surface area contributed by atoms with Crippen LogP contribution in [0.25, 0.3) is 11.9 Å². The molecule has 0 aliphatic heterocycles. The summed E-state index contributed by atoms with van der Waals surface area (Å²) in [6.07, 6.45) is 1.45. The Morgan fingerprint density at radius 2 is 1.65 bits per heavy atom. The Labute approximate surface area is 99.5 Å². The van der Waals surface area contributed by atoms with Crippen molar-refractivity contribution >= 4 is 11.9 Å². The van der Waals surface area contributed by atoms with Crippen molar-refractivity contribution in [3.63, 3.8) is 0 Å². The highest BCUT2D eigenvalue weighted by Crippen LogP contribution is 2.19. The maximum absolute atomic E-state index is 13.8. The number of hydrogen-bond acceptors (Lipinski definition) is 1. The fourth-order valence-electron chi connectivity index (χ4n) is 1.48. The molecule has 0 radical (unpaired) electrons. The molecule has 0 saturated heterocycles. The number of hydrogen-bond donors (Lipinski definition) is 0. The van der Waals surface area contributed by atoms with E-state index in [-0.39, 0.29) is 5.83 Å². The summed E-state index contributed by atoms with van der Waals surface area (Å²) in [5, 5.41) is 8.65. The molecule has 2 heteroatoms. The molecule has 0 atom stereocenters. The van der Waals surface area contributed by atoms with Gasteiger partial charge in [-0.15, -0.1) is 0 Å². The van der Waals surface area contributed by atoms with Gasteiger partial charge in [0.15, 0.2) is 0 Å². The summed E-state index contributed by atoms with van der Waals surface area (Å²) in [7, 11) is 0. The van der Waals surface area contributed by atoms with Crippen molar-refractivity contribution in [3.8, 4) is 6.07 Å². The minimum absolute atomic E-state index is 0.282. The lowest BCUT2D eigenvalue weighted by Gasteiger charge is -1.98. The molecule has 0 amide bonds. The smallest absolute Gasteiger partial charge is 0.131 e. The number of benzene rings is 2. The molecule has 82 valence electrons. The van der Waals surface area contributed by atoms with E-state index >= 15 is 0 Å². The van der Waals surface area contributed by atoms with Crippen LogP contribution in [0.5, 0.6) is 0 Å². The first-order valence-electron chi connectivity index (χ1n) is 5.22. The Morgan fingerprint density at radius 1 is 1.00 bits per heavy atom. The van der Waals surface area contributed by atoms with Crippen molar-refractivity contribution < 1.29 is 4.39 Å². The first kappa shape index (κ1) is 11.1. The molecule has 17 heavy (non-hydrogen) atoms. The highest BCUT2D eigenvalue weighted by Gasteiger charge is 1.99. The van der Waals surface area contributed by atoms with E-state index in [0.29, 0.717) is 11.1 Å². The van der Waals surface area contributed by atoms with Crippen LogP contribution >= 0.6 is 0 Å². The van der Waals surface area contributed by atoms with E-state index in [9.17, 15) is 4.39 Å². The van der Waals surface area contributed by atoms with E-state index in [1.54, 1.807) is 48.5 Å². The second-order valence-corrected chi connectivity index (χ2v) is 3.59. The molecule has 2 aromatic rings. The van der Waals surface area contributed by atoms with Crippen LogP contribution in [-0.4, -0.2) is 0 Å². The molecule has 0 heterocycles. The van der Waals surface area contributed by atoms with Crippen LogP contribution in [0.3, 0.4) is 0 Å². The first-order valence-corrected chi connectivity index (χ1v) is 5.22. The lowest BCUT2D eigenvalue weighted by atomic mass is 10.1. The summed E-state index contributed by atoms with van der Waals surface area (Å²) in [6, 6.07) is 17.7. The minimum Gasteiger partial charge on any atom is -0.206 e. The van der Waals surface area contributed by atoms with Crippen molar-refractivity contribution in [2.75, 3.05) is 0 Å². The minimum atomic E-state index is -0.282. The predicted molar refractivity (Wildman–Crippen MR) is 66.6 cm³/mol. The molecule has 0 unspecified atom stereocenters. The van der Waals surface area contributed by atoms with Gasteiger partial charge in [-0.2, -0.15) is 5.26 Å². The van der Waals surface area contributed by atoms with Crippen molar-refractivity contribution in [2.24, 2.45) is 0 Å². The third-order valence-electron chi connectivity index (χ3n) is 2.38. The van der Waals surface area contributed by atoms with Gasteiger partial charge in [0.2, 0.25) is 0 Å². The van der Waals surface area contributed by atoms with Crippen molar-refractivity contribution in [1.82, 2.24) is 0 Å². The van der Waals surface area contributed by atoms with Gasteiger partial charge in [-0.25, -0.2) is 4.39 Å². The van der Waals surface area contributed by atoms with Crippen LogP contribution in [0.2, 0.25) is 0 Å². The molecule has 0 bridgehead atoms. The summed E-state index contributed by atoms with van der Waals surface area (Å²) in [6.45, 7) is 0. The number of rotatable bonds is 2. The quantitative estimate of drug-likeness (QED) is 0.705. The second kappa shape index (κ2) is 5.09. The zero-order chi connectivity index (χ0) is 12.1. The topological polar surface area (TPSA) is 23.8 Å². The average Bonchev–Trinajstić information content (AvgIpc) is 2.40. The molecule has 2 rings (SSSR count). The molecule has 2 aromatic carbocycles. The average molecular weight is 223 g/mol. The van der Waals surface area contributed by atoms with Crippen LogP contribution < -0.4 is 0 Å². The monoisotopic (exact) mass is 223 g/mol. The van der Waals surface area contributed by atoms with E-state index in [1.165, 1.54) is 6.08 Å². The normalized spacial score (nSPS) is 10.9. The highest BCUT2D eigenvalue weighted by atomic mass is 19.1. The Morgan fingerprint density at radius 3 is 2.24 bits per heavy atom. The van der Waals surface area contributed by atoms with Crippen molar-refractivity contribution in [2.45, 2.75) is 0 Å². The fourth-order valence-corrected chi connectivity index (χ4v) is 1.48. The Bertz CT molecular complexity index is 562. The molecule has 0 N–H and O–H groups in total. The van der Waals surface area contributed by atoms with Crippen molar-refractivity contribution in [1.29, 1.82) is 5.26 Å². The molecule has 0 spiro atoms. The van der Waals surface area contributed by atoms with E-state index in [2.05, 4.69) is 0 Å². The molecule has 0 aliphatic rings. The van der Waals surface area contributed by atoms with Crippen LogP contribution in [-0.2, 0) is 0 Å². The number of nitriles is 1. The lowest BCUT2D eigenvalue weighted by Crippen LogP contribution is -1.79. The number of halogens is 1. The second-order valence-electron chi connectivity index (χ2n) is 3.59. The van der Waals surface area contributed by atoms with E-state index < -0.39 is 0 Å². The zero-order valence-corrected chi connectivity index (χ0v) is 9.10. The predicted octanol–water partition coefficient (Wildman–Crippen LogP) is 4.03. The van der Waals surface area contributed by atoms with E-state index in [0.717, 1.165) is 5.56 Å². The Hall–Kier alpha value is -2.40. The van der Waals surface area contributed by atoms with Gasteiger partial charge in [-0.05, 0) is 23.8 Å². The van der Waals surface area contributed by atoms with E-state index in [1.807, 2.05) is 12.1 Å². The SMILES string of the molecule is N#Cc1ccc(/C=C(\F)c2ccccc2)cc1. The summed E-state index contributed by atoms with van der Waals surface area (Å²) < 4.78 is 13.8. The summed E-state index contributed by atoms with van der Waals surface area (Å²) >= 11 is 0. The zero-order valence-electron chi connectivity index (χ0n) is 9.10. The van der Waals surface area contributed by atoms with E-state index in [4.69, 9.17) is 5.26 Å². The fraction of sp³-hybridized carbons (Fsp3) is 0. The van der Waals surface area contributed by atoms with Gasteiger partial charge in [0.05, 0.1) is 11.6 Å². The molecule has 0 aliphatic carbocycles.